The molecule has 0 amide bonds. The predicted molar refractivity (Wildman–Crippen MR) is 51.9 cm³/mol. The van der Waals surface area contributed by atoms with Gasteiger partial charge in [0.05, 0.1) is 0 Å². The number of hydrogen-bond donors (Lipinski definition) is 0. The van der Waals surface area contributed by atoms with Crippen molar-refractivity contribution < 1.29 is 4.79 Å². The largest absolute Gasteiger partial charge is 0.312 e. The maximum atomic E-state index is 9.17. The van der Waals surface area contributed by atoms with E-state index in [1.54, 1.807) is 0 Å². The maximum Gasteiger partial charge on any atom is 0.119 e. The van der Waals surface area contributed by atoms with Gasteiger partial charge in [-0.1, -0.05) is 27.2 Å². The third-order valence-electron chi connectivity index (χ3n) is 0.167. The van der Waals surface area contributed by atoms with E-state index in [1.165, 1.54) is 6.42 Å². The van der Waals surface area contributed by atoms with Crippen LogP contribution in [0.15, 0.2) is 0 Å². The molecule has 0 aromatic heterocycles. The van der Waals surface area contributed by atoms with Gasteiger partial charge in [-0.2, -0.15) is 0 Å². The zero-order chi connectivity index (χ0) is 9.70. The summed E-state index contributed by atoms with van der Waals surface area (Å²) in [7, 11) is 6.00. The molecule has 11 heavy (non-hydrogen) atoms. The Kier molecular flexibility index (Phi) is 34.8. The first-order valence-electron chi connectivity index (χ1n) is 4.11. The standard InChI is InChI=1S/C3H9N.C3H6O.C3H8/c1-4(2)3;1-2-3-4;1-3-2/h1-3H3;3H,2H2,1H3;3H2,1-2H3. The van der Waals surface area contributed by atoms with E-state index in [-0.39, 0.29) is 0 Å². The molecule has 70 valence electrons. The summed E-state index contributed by atoms with van der Waals surface area (Å²) in [5.74, 6) is 0. The fraction of sp³-hybridized carbons (Fsp3) is 0.889. The summed E-state index contributed by atoms with van der Waals surface area (Å²) in [5.41, 5.74) is 0. The summed E-state index contributed by atoms with van der Waals surface area (Å²) in [6.45, 7) is 6.06. The number of aldehydes is 1. The molecule has 0 aliphatic rings. The Morgan fingerprint density at radius 1 is 1.09 bits per heavy atom. The number of carbonyl (C=O) groups is 1. The van der Waals surface area contributed by atoms with Gasteiger partial charge in [0.2, 0.25) is 0 Å². The van der Waals surface area contributed by atoms with Crippen molar-refractivity contribution in [3.05, 3.63) is 0 Å². The second kappa shape index (κ2) is 22.6. The Morgan fingerprint density at radius 3 is 1.18 bits per heavy atom. The second-order valence-corrected chi connectivity index (χ2v) is 2.62. The molecule has 0 heterocycles. The predicted octanol–water partition coefficient (Wildman–Crippen LogP) is 2.19. The average molecular weight is 161 g/mol. The smallest absolute Gasteiger partial charge is 0.119 e. The van der Waals surface area contributed by atoms with Crippen molar-refractivity contribution in [3.63, 3.8) is 0 Å². The Labute approximate surface area is 71.6 Å². The molecule has 0 saturated heterocycles. The van der Waals surface area contributed by atoms with Gasteiger partial charge in [-0.05, 0) is 21.1 Å². The Morgan fingerprint density at radius 2 is 1.18 bits per heavy atom. The van der Waals surface area contributed by atoms with Gasteiger partial charge in [0, 0.05) is 6.42 Å². The van der Waals surface area contributed by atoms with E-state index < -0.39 is 0 Å². The molecule has 0 aliphatic heterocycles. The van der Waals surface area contributed by atoms with Crippen molar-refractivity contribution in [3.8, 4) is 0 Å². The Bertz CT molecular complexity index is 50.8. The van der Waals surface area contributed by atoms with E-state index in [0.717, 1.165) is 6.29 Å². The minimum atomic E-state index is 0.639. The van der Waals surface area contributed by atoms with Crippen LogP contribution >= 0.6 is 0 Å². The van der Waals surface area contributed by atoms with Gasteiger partial charge in [0.15, 0.2) is 0 Å². The molecule has 0 unspecified atom stereocenters. The quantitative estimate of drug-likeness (QED) is 0.549. The topological polar surface area (TPSA) is 20.3 Å². The summed E-state index contributed by atoms with van der Waals surface area (Å²) < 4.78 is 0. The van der Waals surface area contributed by atoms with Crippen LogP contribution in [0.2, 0.25) is 0 Å². The lowest BCUT2D eigenvalue weighted by Gasteiger charge is -1.90. The van der Waals surface area contributed by atoms with Crippen LogP contribution in [0.3, 0.4) is 0 Å². The van der Waals surface area contributed by atoms with E-state index >= 15 is 0 Å². The SMILES string of the molecule is CCC.CCC=O.CN(C)C. The average Bonchev–Trinajstić information content (AvgIpc) is 1.88. The lowest BCUT2D eigenvalue weighted by atomic mass is 10.6. The molecule has 0 radical (unpaired) electrons. The molecular formula is C9H23NO. The molecule has 2 heteroatoms. The lowest BCUT2D eigenvalue weighted by molar-refractivity contribution is -0.107. The van der Waals surface area contributed by atoms with Crippen molar-refractivity contribution in [2.24, 2.45) is 0 Å². The van der Waals surface area contributed by atoms with Crippen LogP contribution in [0.5, 0.6) is 0 Å². The summed E-state index contributed by atoms with van der Waals surface area (Å²) >= 11 is 0. The van der Waals surface area contributed by atoms with Gasteiger partial charge in [-0.15, -0.1) is 0 Å². The van der Waals surface area contributed by atoms with Crippen molar-refractivity contribution in [1.82, 2.24) is 4.90 Å². The van der Waals surface area contributed by atoms with Gasteiger partial charge in [0.25, 0.3) is 0 Å². The first-order valence-corrected chi connectivity index (χ1v) is 4.11. The Balaban J connectivity index is -0.0000000886. The highest BCUT2D eigenvalue weighted by molar-refractivity contribution is 5.48. The van der Waals surface area contributed by atoms with Crippen molar-refractivity contribution in [2.75, 3.05) is 21.1 Å². The molecular weight excluding hydrogens is 138 g/mol. The summed E-state index contributed by atoms with van der Waals surface area (Å²) in [4.78, 5) is 11.2. The minimum Gasteiger partial charge on any atom is -0.312 e. The van der Waals surface area contributed by atoms with Gasteiger partial charge in [0.1, 0.15) is 6.29 Å². The molecule has 2 nitrogen and oxygen atoms in total. The first-order chi connectivity index (χ1) is 5.06. The lowest BCUT2D eigenvalue weighted by Crippen LogP contribution is -1.99. The fourth-order valence-electron chi connectivity index (χ4n) is 0. The third-order valence-corrected chi connectivity index (χ3v) is 0.167. The summed E-state index contributed by atoms with van der Waals surface area (Å²) in [5, 5.41) is 0. The summed E-state index contributed by atoms with van der Waals surface area (Å²) in [6.07, 6.45) is 2.76. The third kappa shape index (κ3) is 1410. The number of hydrogen-bond acceptors (Lipinski definition) is 2. The fourth-order valence-corrected chi connectivity index (χ4v) is 0. The maximum absolute atomic E-state index is 9.17. The molecule has 0 aromatic rings. The zero-order valence-corrected chi connectivity index (χ0v) is 8.85. The van der Waals surface area contributed by atoms with Crippen LogP contribution in [0, 0.1) is 0 Å². The second-order valence-electron chi connectivity index (χ2n) is 2.62. The zero-order valence-electron chi connectivity index (χ0n) is 8.85. The van der Waals surface area contributed by atoms with Crippen LogP contribution < -0.4 is 0 Å². The molecule has 0 N–H and O–H groups in total. The van der Waals surface area contributed by atoms with Crippen LogP contribution in [0.25, 0.3) is 0 Å². The van der Waals surface area contributed by atoms with Crippen LogP contribution in [-0.4, -0.2) is 32.3 Å². The van der Waals surface area contributed by atoms with E-state index in [1.807, 2.05) is 33.0 Å². The molecule has 0 rings (SSSR count). The van der Waals surface area contributed by atoms with Crippen LogP contribution in [-0.2, 0) is 4.79 Å². The Hall–Kier alpha value is -0.370. The first kappa shape index (κ1) is 16.9. The molecule has 0 aromatic carbocycles. The number of rotatable bonds is 1. The van der Waals surface area contributed by atoms with E-state index in [4.69, 9.17) is 0 Å². The number of carbonyl (C=O) groups excluding carboxylic acids is 1. The summed E-state index contributed by atoms with van der Waals surface area (Å²) in [6, 6.07) is 0. The molecule has 0 spiro atoms. The highest BCUT2D eigenvalue weighted by Gasteiger charge is 1.58. The molecule has 0 saturated carbocycles. The number of nitrogens with zero attached hydrogens (tertiary/aromatic N) is 1. The monoisotopic (exact) mass is 161 g/mol. The molecule has 0 bridgehead atoms. The highest BCUT2D eigenvalue weighted by Crippen LogP contribution is 1.56. The molecule has 0 aliphatic carbocycles. The van der Waals surface area contributed by atoms with Gasteiger partial charge in [-0.25, -0.2) is 0 Å². The van der Waals surface area contributed by atoms with E-state index in [2.05, 4.69) is 13.8 Å². The van der Waals surface area contributed by atoms with Gasteiger partial charge in [-0.3, -0.25) is 0 Å². The van der Waals surface area contributed by atoms with Gasteiger partial charge >= 0.3 is 0 Å². The molecule has 0 fully saturated rings. The van der Waals surface area contributed by atoms with E-state index in [0.29, 0.717) is 6.42 Å². The van der Waals surface area contributed by atoms with Crippen molar-refractivity contribution >= 4 is 6.29 Å². The van der Waals surface area contributed by atoms with Crippen molar-refractivity contribution in [2.45, 2.75) is 33.6 Å². The normalized spacial score (nSPS) is 7.18. The van der Waals surface area contributed by atoms with Crippen LogP contribution in [0.1, 0.15) is 33.6 Å². The van der Waals surface area contributed by atoms with Crippen LogP contribution in [0.4, 0.5) is 0 Å². The minimum absolute atomic E-state index is 0.639. The van der Waals surface area contributed by atoms with E-state index in [9.17, 15) is 4.79 Å². The van der Waals surface area contributed by atoms with Crippen molar-refractivity contribution in [1.29, 1.82) is 0 Å². The van der Waals surface area contributed by atoms with Gasteiger partial charge < -0.3 is 9.69 Å². The molecule has 0 atom stereocenters. The highest BCUT2D eigenvalue weighted by atomic mass is 16.1.